The third kappa shape index (κ3) is 7.36. The Morgan fingerprint density at radius 2 is 1.75 bits per heavy atom. The number of hydrogen-bond donors (Lipinski definition) is 2. The van der Waals surface area contributed by atoms with E-state index in [0.717, 1.165) is 110 Å². The van der Waals surface area contributed by atoms with Gasteiger partial charge in [-0.2, -0.15) is 13.2 Å². The maximum Gasteiger partial charge on any atom is 0.433 e. The van der Waals surface area contributed by atoms with Crippen molar-refractivity contribution in [1.82, 2.24) is 29.3 Å². The smallest absolute Gasteiger partial charge is 0.433 e. The predicted octanol–water partition coefficient (Wildman–Crippen LogP) is 6.48. The Hall–Kier alpha value is -5.29. The van der Waals surface area contributed by atoms with Crippen molar-refractivity contribution in [2.45, 2.75) is 69.5 Å². The molecule has 9 rings (SSSR count). The largest absolute Gasteiger partial charge is 0.494 e. The number of fused-ring (bicyclic) bond motifs is 2. The third-order valence-corrected chi connectivity index (χ3v) is 14.0. The van der Waals surface area contributed by atoms with Gasteiger partial charge in [0.2, 0.25) is 11.8 Å². The molecule has 2 aromatic carbocycles. The molecule has 3 aromatic heterocycles. The molecule has 310 valence electrons. The summed E-state index contributed by atoms with van der Waals surface area (Å²) in [5.74, 6) is -0.183. The van der Waals surface area contributed by atoms with Crippen LogP contribution in [0.2, 0.25) is 0 Å². The fourth-order valence-corrected chi connectivity index (χ4v) is 10.9. The second-order valence-corrected chi connectivity index (χ2v) is 17.7. The quantitative estimate of drug-likeness (QED) is 0.168. The summed E-state index contributed by atoms with van der Waals surface area (Å²) in [5.41, 5.74) is 2.20. The number of ether oxygens (including phenoxy) is 1. The van der Waals surface area contributed by atoms with Crippen molar-refractivity contribution in [3.8, 4) is 5.75 Å². The fourth-order valence-electron chi connectivity index (χ4n) is 9.75. The van der Waals surface area contributed by atoms with Crippen molar-refractivity contribution in [3.05, 3.63) is 75.4 Å². The lowest BCUT2D eigenvalue weighted by atomic mass is 9.71. The number of halogens is 3. The number of amides is 3. The average Bonchev–Trinajstić information content (AvgIpc) is 3.74. The SMILES string of the molecule is COc1cc2nc([C@H]3CC[C@H](CN4CC5(CCN(c6cccc7c6n(C)c(=O)n7C6CCC(=O)NC6=O)CC5)C4)CC3)sc2cc1NC(=O)c1cccc(C(F)(F)F)n1. The number of thiazole rings is 1. The van der Waals surface area contributed by atoms with E-state index in [4.69, 9.17) is 9.72 Å². The molecule has 3 saturated heterocycles. The number of para-hydroxylation sites is 1. The number of alkyl halides is 3. The maximum absolute atomic E-state index is 13.5. The lowest BCUT2D eigenvalue weighted by Crippen LogP contribution is -2.61. The van der Waals surface area contributed by atoms with E-state index < -0.39 is 29.7 Å². The summed E-state index contributed by atoms with van der Waals surface area (Å²) in [7, 11) is 3.22. The first-order chi connectivity index (χ1) is 28.3. The number of nitrogens with one attached hydrogen (secondary N) is 2. The van der Waals surface area contributed by atoms with Crippen LogP contribution in [0.15, 0.2) is 53.3 Å². The van der Waals surface area contributed by atoms with Gasteiger partial charge >= 0.3 is 11.9 Å². The average molecular weight is 831 g/mol. The number of carbonyl (C=O) groups excluding carboxylic acids is 3. The lowest BCUT2D eigenvalue weighted by Gasteiger charge is -2.55. The standard InChI is InChI=1S/C42H45F3N8O5S/c1-50-36-29(6-4-7-30(36)53(40(50)57)31-13-14-35(54)49-38(31)56)52-17-15-41(16-18-52)22-51(23-41)21-24-9-11-25(12-10-24)39-48-28-19-32(58-2)27(20-33(28)59-39)47-37(55)26-5-3-8-34(46-26)42(43,44)45/h3-8,19-20,24-25,31H,9-18,21-23H2,1-2H3,(H,47,55)(H,49,54,56)/t24-,25-,31?. The molecule has 4 fully saturated rings. The number of likely N-dealkylation sites (tertiary alicyclic amines) is 1. The molecule has 3 aliphatic heterocycles. The zero-order valence-electron chi connectivity index (χ0n) is 32.8. The van der Waals surface area contributed by atoms with E-state index in [1.54, 1.807) is 39.7 Å². The Kier molecular flexibility index (Phi) is 10.0. The van der Waals surface area contributed by atoms with Gasteiger partial charge in [0.1, 0.15) is 23.2 Å². The van der Waals surface area contributed by atoms with Crippen molar-refractivity contribution in [3.63, 3.8) is 0 Å². The van der Waals surface area contributed by atoms with Crippen LogP contribution in [0.4, 0.5) is 24.5 Å². The Morgan fingerprint density at radius 1 is 1.00 bits per heavy atom. The number of aromatic nitrogens is 4. The highest BCUT2D eigenvalue weighted by molar-refractivity contribution is 7.18. The van der Waals surface area contributed by atoms with E-state index in [9.17, 15) is 32.3 Å². The van der Waals surface area contributed by atoms with Crippen LogP contribution in [0.1, 0.15) is 84.5 Å². The zero-order chi connectivity index (χ0) is 41.2. The number of methoxy groups -OCH3 is 1. The molecule has 1 saturated carbocycles. The van der Waals surface area contributed by atoms with Crippen LogP contribution in [0.5, 0.6) is 5.75 Å². The van der Waals surface area contributed by atoms with Gasteiger partial charge in [0.25, 0.3) is 5.91 Å². The number of anilines is 2. The van der Waals surface area contributed by atoms with Crippen molar-refractivity contribution < 1.29 is 32.3 Å². The molecule has 1 atom stereocenters. The highest BCUT2D eigenvalue weighted by Gasteiger charge is 2.46. The number of rotatable bonds is 8. The number of carbonyl (C=O) groups is 3. The van der Waals surface area contributed by atoms with Crippen LogP contribution in [0.3, 0.4) is 0 Å². The van der Waals surface area contributed by atoms with Gasteiger partial charge in [-0.05, 0) is 86.6 Å². The minimum Gasteiger partial charge on any atom is -0.494 e. The topological polar surface area (TPSA) is 144 Å². The summed E-state index contributed by atoms with van der Waals surface area (Å²) in [6.45, 7) is 5.07. The summed E-state index contributed by atoms with van der Waals surface area (Å²) in [6.07, 6.45) is 2.32. The number of piperidine rings is 2. The number of hydrogen-bond acceptors (Lipinski definition) is 10. The van der Waals surface area contributed by atoms with E-state index >= 15 is 0 Å². The molecule has 1 aliphatic carbocycles. The molecule has 1 unspecified atom stereocenters. The Labute approximate surface area is 341 Å². The molecule has 13 nitrogen and oxygen atoms in total. The third-order valence-electron chi connectivity index (χ3n) is 12.8. The molecule has 4 aliphatic rings. The zero-order valence-corrected chi connectivity index (χ0v) is 33.6. The minimum atomic E-state index is -4.66. The second-order valence-electron chi connectivity index (χ2n) is 16.6. The van der Waals surface area contributed by atoms with Crippen LogP contribution in [0, 0.1) is 11.3 Å². The van der Waals surface area contributed by atoms with Crippen LogP contribution in [-0.2, 0) is 22.8 Å². The summed E-state index contributed by atoms with van der Waals surface area (Å²) in [4.78, 5) is 64.3. The summed E-state index contributed by atoms with van der Waals surface area (Å²) >= 11 is 1.58. The second kappa shape index (κ2) is 15.1. The highest BCUT2D eigenvalue weighted by atomic mass is 32.1. The van der Waals surface area contributed by atoms with Crippen LogP contribution >= 0.6 is 11.3 Å². The summed E-state index contributed by atoms with van der Waals surface area (Å²) in [5, 5.41) is 6.11. The molecule has 2 N–H and O–H groups in total. The van der Waals surface area contributed by atoms with Crippen LogP contribution in [-0.4, -0.2) is 81.6 Å². The van der Waals surface area contributed by atoms with E-state index in [2.05, 4.69) is 31.5 Å². The molecule has 0 radical (unpaired) electrons. The van der Waals surface area contributed by atoms with Gasteiger partial charge in [-0.15, -0.1) is 11.3 Å². The van der Waals surface area contributed by atoms with Gasteiger partial charge in [-0.25, -0.2) is 14.8 Å². The van der Waals surface area contributed by atoms with Crippen molar-refractivity contribution in [2.75, 3.05) is 50.1 Å². The Bertz CT molecular complexity index is 2520. The molecule has 59 heavy (non-hydrogen) atoms. The molecule has 17 heteroatoms. The van der Waals surface area contributed by atoms with Gasteiger partial charge in [0, 0.05) is 58.2 Å². The van der Waals surface area contributed by atoms with Gasteiger partial charge in [0.05, 0.1) is 44.7 Å². The first kappa shape index (κ1) is 39.2. The minimum absolute atomic E-state index is 0.207. The summed E-state index contributed by atoms with van der Waals surface area (Å²) < 4.78 is 49.1. The van der Waals surface area contributed by atoms with E-state index in [1.165, 1.54) is 13.2 Å². The molecule has 3 amide bonds. The first-order valence-corrected chi connectivity index (χ1v) is 21.0. The fraction of sp³-hybridized carbons (Fsp3) is 0.476. The van der Waals surface area contributed by atoms with Crippen LogP contribution < -0.4 is 26.0 Å². The monoisotopic (exact) mass is 830 g/mol. The number of aryl methyl sites for hydroxylation is 1. The Balaban J connectivity index is 0.783. The lowest BCUT2D eigenvalue weighted by molar-refractivity contribution is -0.141. The number of imide groups is 1. The number of pyridine rings is 1. The van der Waals surface area contributed by atoms with Crippen molar-refractivity contribution in [1.29, 1.82) is 0 Å². The molecular formula is C42H45F3N8O5S. The summed E-state index contributed by atoms with van der Waals surface area (Å²) in [6, 6.07) is 11.9. The normalized spacial score (nSPS) is 22.5. The number of nitrogens with zero attached hydrogens (tertiary/aromatic N) is 6. The molecule has 6 heterocycles. The molecule has 0 bridgehead atoms. The predicted molar refractivity (Wildman–Crippen MR) is 217 cm³/mol. The van der Waals surface area contributed by atoms with E-state index in [0.29, 0.717) is 40.6 Å². The molecule has 5 aromatic rings. The van der Waals surface area contributed by atoms with Gasteiger partial charge in [0.15, 0.2) is 0 Å². The first-order valence-electron chi connectivity index (χ1n) is 20.1. The maximum atomic E-state index is 13.5. The van der Waals surface area contributed by atoms with Crippen molar-refractivity contribution >= 4 is 61.7 Å². The van der Waals surface area contributed by atoms with Gasteiger partial charge in [-0.1, -0.05) is 12.1 Å². The number of imidazole rings is 1. The van der Waals surface area contributed by atoms with Crippen LogP contribution in [0.25, 0.3) is 21.3 Å². The van der Waals surface area contributed by atoms with Crippen molar-refractivity contribution in [2.24, 2.45) is 18.4 Å². The Morgan fingerprint density at radius 3 is 2.46 bits per heavy atom. The number of benzene rings is 2. The van der Waals surface area contributed by atoms with Gasteiger partial charge in [-0.3, -0.25) is 28.8 Å². The molecular weight excluding hydrogens is 786 g/mol. The van der Waals surface area contributed by atoms with E-state index in [1.807, 2.05) is 12.1 Å². The van der Waals surface area contributed by atoms with E-state index in [-0.39, 0.29) is 23.7 Å². The molecule has 1 spiro atoms. The van der Waals surface area contributed by atoms with Gasteiger partial charge < -0.3 is 19.9 Å². The highest BCUT2D eigenvalue weighted by Crippen LogP contribution is 2.45.